The standard InChI is InChI=1S/C12H16ClNO3/c1-14-6-9(15)8-5-10(16-2)12-7(11(8)13)3-4-17-12/h5,9,14-15H,3-4,6H2,1-2H3. The molecule has 17 heavy (non-hydrogen) atoms. The van der Waals surface area contributed by atoms with Gasteiger partial charge in [0, 0.05) is 24.1 Å². The fourth-order valence-corrected chi connectivity index (χ4v) is 2.39. The van der Waals surface area contributed by atoms with Crippen LogP contribution in [0.3, 0.4) is 0 Å². The Morgan fingerprint density at radius 2 is 2.41 bits per heavy atom. The number of hydrogen-bond donors (Lipinski definition) is 2. The van der Waals surface area contributed by atoms with Crippen molar-refractivity contribution in [3.05, 3.63) is 22.2 Å². The lowest BCUT2D eigenvalue weighted by molar-refractivity contribution is 0.177. The lowest BCUT2D eigenvalue weighted by atomic mass is 10.0. The summed E-state index contributed by atoms with van der Waals surface area (Å²) in [5, 5.41) is 13.5. The Morgan fingerprint density at radius 1 is 1.65 bits per heavy atom. The molecular weight excluding hydrogens is 242 g/mol. The molecule has 2 rings (SSSR count). The van der Waals surface area contributed by atoms with E-state index in [0.29, 0.717) is 35.2 Å². The quantitative estimate of drug-likeness (QED) is 0.859. The van der Waals surface area contributed by atoms with Crippen LogP contribution in [-0.4, -0.2) is 32.4 Å². The summed E-state index contributed by atoms with van der Waals surface area (Å²) in [6.07, 6.45) is 0.109. The summed E-state index contributed by atoms with van der Waals surface area (Å²) in [5.74, 6) is 1.34. The maximum Gasteiger partial charge on any atom is 0.165 e. The van der Waals surface area contributed by atoms with E-state index in [2.05, 4.69) is 5.32 Å². The van der Waals surface area contributed by atoms with Gasteiger partial charge in [-0.05, 0) is 13.1 Å². The van der Waals surface area contributed by atoms with Gasteiger partial charge in [-0.25, -0.2) is 0 Å². The maximum atomic E-state index is 10.0. The van der Waals surface area contributed by atoms with Crippen molar-refractivity contribution in [3.8, 4) is 11.5 Å². The molecule has 1 aromatic rings. The van der Waals surface area contributed by atoms with Gasteiger partial charge < -0.3 is 19.9 Å². The Kier molecular flexibility index (Phi) is 3.76. The number of rotatable bonds is 4. The van der Waals surface area contributed by atoms with Gasteiger partial charge in [-0.1, -0.05) is 11.6 Å². The average Bonchev–Trinajstić information content (AvgIpc) is 2.79. The fraction of sp³-hybridized carbons (Fsp3) is 0.500. The number of benzene rings is 1. The van der Waals surface area contributed by atoms with Gasteiger partial charge in [0.1, 0.15) is 0 Å². The molecule has 0 aromatic heterocycles. The van der Waals surface area contributed by atoms with Crippen molar-refractivity contribution < 1.29 is 14.6 Å². The highest BCUT2D eigenvalue weighted by Crippen LogP contribution is 2.43. The molecule has 94 valence electrons. The maximum absolute atomic E-state index is 10.0. The molecule has 0 saturated heterocycles. The minimum Gasteiger partial charge on any atom is -0.493 e. The molecule has 5 heteroatoms. The molecule has 0 bridgehead atoms. The van der Waals surface area contributed by atoms with E-state index in [-0.39, 0.29) is 0 Å². The smallest absolute Gasteiger partial charge is 0.165 e. The predicted molar refractivity (Wildman–Crippen MR) is 66.1 cm³/mol. The van der Waals surface area contributed by atoms with Gasteiger partial charge in [0.2, 0.25) is 0 Å². The number of fused-ring (bicyclic) bond motifs is 1. The van der Waals surface area contributed by atoms with Gasteiger partial charge in [0.05, 0.1) is 24.8 Å². The summed E-state index contributed by atoms with van der Waals surface area (Å²) < 4.78 is 10.8. The first kappa shape index (κ1) is 12.5. The van der Waals surface area contributed by atoms with Gasteiger partial charge >= 0.3 is 0 Å². The molecule has 1 aliphatic rings. The first-order chi connectivity index (χ1) is 8.19. The minimum absolute atomic E-state index is 0.447. The number of aliphatic hydroxyl groups is 1. The molecule has 0 radical (unpaired) electrons. The van der Waals surface area contributed by atoms with E-state index >= 15 is 0 Å². The van der Waals surface area contributed by atoms with Crippen LogP contribution in [-0.2, 0) is 6.42 Å². The average molecular weight is 258 g/mol. The van der Waals surface area contributed by atoms with Gasteiger partial charge in [-0.3, -0.25) is 0 Å². The van der Waals surface area contributed by atoms with Crippen LogP contribution in [0.5, 0.6) is 11.5 Å². The van der Waals surface area contributed by atoms with E-state index in [9.17, 15) is 5.11 Å². The van der Waals surface area contributed by atoms with Crippen LogP contribution in [0.1, 0.15) is 17.2 Å². The number of halogens is 1. The Labute approximate surface area is 105 Å². The minimum atomic E-state index is -0.646. The van der Waals surface area contributed by atoms with Gasteiger partial charge in [-0.2, -0.15) is 0 Å². The third-order valence-corrected chi connectivity index (χ3v) is 3.32. The molecule has 0 saturated carbocycles. The molecule has 1 aromatic carbocycles. The van der Waals surface area contributed by atoms with Crippen molar-refractivity contribution in [1.82, 2.24) is 5.32 Å². The van der Waals surface area contributed by atoms with Crippen LogP contribution in [0.15, 0.2) is 6.07 Å². The molecule has 0 fully saturated rings. The lowest BCUT2D eigenvalue weighted by Crippen LogP contribution is -2.17. The number of likely N-dealkylation sites (N-methyl/N-ethyl adjacent to an activating group) is 1. The summed E-state index contributed by atoms with van der Waals surface area (Å²) in [7, 11) is 3.37. The Morgan fingerprint density at radius 3 is 3.06 bits per heavy atom. The summed E-state index contributed by atoms with van der Waals surface area (Å²) in [6, 6.07) is 1.74. The molecular formula is C12H16ClNO3. The Balaban J connectivity index is 2.46. The second kappa shape index (κ2) is 5.12. The first-order valence-electron chi connectivity index (χ1n) is 5.53. The molecule has 1 aliphatic heterocycles. The predicted octanol–water partition coefficient (Wildman–Crippen LogP) is 1.54. The van der Waals surface area contributed by atoms with Crippen LogP contribution < -0.4 is 14.8 Å². The number of nitrogens with one attached hydrogen (secondary N) is 1. The SMILES string of the molecule is CNCC(O)c1cc(OC)c2c(c1Cl)CCO2. The second-order valence-electron chi connectivity index (χ2n) is 3.96. The topological polar surface area (TPSA) is 50.7 Å². The van der Waals surface area contributed by atoms with Crippen LogP contribution in [0.2, 0.25) is 5.02 Å². The summed E-state index contributed by atoms with van der Waals surface area (Å²) in [4.78, 5) is 0. The molecule has 0 amide bonds. The largest absolute Gasteiger partial charge is 0.493 e. The monoisotopic (exact) mass is 257 g/mol. The van der Waals surface area contributed by atoms with Crippen molar-refractivity contribution in [2.45, 2.75) is 12.5 Å². The highest BCUT2D eigenvalue weighted by Gasteiger charge is 2.25. The fourth-order valence-electron chi connectivity index (χ4n) is 2.03. The van der Waals surface area contributed by atoms with Gasteiger partial charge in [-0.15, -0.1) is 0 Å². The molecule has 1 heterocycles. The van der Waals surface area contributed by atoms with Crippen LogP contribution >= 0.6 is 11.6 Å². The summed E-state index contributed by atoms with van der Waals surface area (Å²) in [5.41, 5.74) is 1.61. The van der Waals surface area contributed by atoms with Crippen molar-refractivity contribution in [2.75, 3.05) is 27.3 Å². The summed E-state index contributed by atoms with van der Waals surface area (Å²) >= 11 is 6.29. The van der Waals surface area contributed by atoms with Crippen molar-refractivity contribution >= 4 is 11.6 Å². The van der Waals surface area contributed by atoms with E-state index in [1.54, 1.807) is 20.2 Å². The molecule has 1 atom stereocenters. The van der Waals surface area contributed by atoms with Gasteiger partial charge in [0.25, 0.3) is 0 Å². The van der Waals surface area contributed by atoms with E-state index in [0.717, 1.165) is 12.0 Å². The van der Waals surface area contributed by atoms with E-state index in [1.165, 1.54) is 0 Å². The molecule has 0 aliphatic carbocycles. The Bertz CT molecular complexity index is 423. The molecule has 2 N–H and O–H groups in total. The van der Waals surface area contributed by atoms with E-state index in [4.69, 9.17) is 21.1 Å². The number of ether oxygens (including phenoxy) is 2. The molecule has 4 nitrogen and oxygen atoms in total. The molecule has 1 unspecified atom stereocenters. The summed E-state index contributed by atoms with van der Waals surface area (Å²) in [6.45, 7) is 1.06. The van der Waals surface area contributed by atoms with Gasteiger partial charge in [0.15, 0.2) is 11.5 Å². The van der Waals surface area contributed by atoms with Crippen LogP contribution in [0.25, 0.3) is 0 Å². The third-order valence-electron chi connectivity index (χ3n) is 2.88. The highest BCUT2D eigenvalue weighted by atomic mass is 35.5. The van der Waals surface area contributed by atoms with E-state index < -0.39 is 6.10 Å². The zero-order valence-electron chi connectivity index (χ0n) is 9.92. The highest BCUT2D eigenvalue weighted by molar-refractivity contribution is 6.32. The number of aliphatic hydroxyl groups excluding tert-OH is 1. The normalized spacial score (nSPS) is 15.3. The number of hydrogen-bond acceptors (Lipinski definition) is 4. The zero-order chi connectivity index (χ0) is 12.4. The zero-order valence-corrected chi connectivity index (χ0v) is 10.7. The van der Waals surface area contributed by atoms with Crippen LogP contribution in [0, 0.1) is 0 Å². The Hall–Kier alpha value is -0.970. The van der Waals surface area contributed by atoms with Crippen molar-refractivity contribution in [2.24, 2.45) is 0 Å². The van der Waals surface area contributed by atoms with E-state index in [1.807, 2.05) is 0 Å². The third kappa shape index (κ3) is 2.20. The van der Waals surface area contributed by atoms with Crippen molar-refractivity contribution in [3.63, 3.8) is 0 Å². The second-order valence-corrected chi connectivity index (χ2v) is 4.34. The molecule has 0 spiro atoms. The lowest BCUT2D eigenvalue weighted by Gasteiger charge is -2.16. The van der Waals surface area contributed by atoms with Crippen molar-refractivity contribution in [1.29, 1.82) is 0 Å². The first-order valence-corrected chi connectivity index (χ1v) is 5.91. The number of methoxy groups -OCH3 is 1. The van der Waals surface area contributed by atoms with Crippen LogP contribution in [0.4, 0.5) is 0 Å².